The van der Waals surface area contributed by atoms with E-state index in [9.17, 15) is 14.4 Å². The fourth-order valence-corrected chi connectivity index (χ4v) is 1.98. The maximum absolute atomic E-state index is 12.0. The van der Waals surface area contributed by atoms with Crippen LogP contribution in [0.1, 0.15) is 30.2 Å². The first-order chi connectivity index (χ1) is 9.47. The number of Topliss-reactive ketones (excluding diaryl/α,β-unsaturated/α-hetero) is 1. The smallest absolute Gasteiger partial charge is 0.335 e. The molecule has 20 heavy (non-hydrogen) atoms. The zero-order chi connectivity index (χ0) is 14.9. The Bertz CT molecular complexity index is 617. The number of ether oxygens (including phenoxy) is 1. The van der Waals surface area contributed by atoms with Crippen LogP contribution in [0.4, 0.5) is 5.82 Å². The number of hydrogen-bond acceptors (Lipinski definition) is 6. The highest BCUT2D eigenvalue weighted by atomic mass is 16.5. The molecule has 8 nitrogen and oxygen atoms in total. The number of carbonyl (C=O) groups is 3. The molecule has 3 N–H and O–H groups in total. The lowest BCUT2D eigenvalue weighted by Gasteiger charge is -2.24. The van der Waals surface area contributed by atoms with Crippen LogP contribution in [0.25, 0.3) is 0 Å². The van der Waals surface area contributed by atoms with Gasteiger partial charge in [0.1, 0.15) is 11.4 Å². The van der Waals surface area contributed by atoms with Gasteiger partial charge < -0.3 is 15.8 Å². The second-order valence-corrected chi connectivity index (χ2v) is 4.17. The lowest BCUT2D eigenvalue weighted by atomic mass is 10.0. The van der Waals surface area contributed by atoms with E-state index in [1.807, 2.05) is 0 Å². The Balaban J connectivity index is 2.51. The molecule has 1 aromatic heterocycles. The van der Waals surface area contributed by atoms with Gasteiger partial charge in [-0.05, 0) is 13.8 Å². The van der Waals surface area contributed by atoms with Crippen molar-refractivity contribution >= 4 is 23.5 Å². The molecule has 0 bridgehead atoms. The van der Waals surface area contributed by atoms with Crippen molar-refractivity contribution < 1.29 is 19.1 Å². The standard InChI is InChI=1S/C12H14N4O4/c1-3-20-12(19)9-7(6(2)17)4-14-11-8(10(13)18)5-15-16(9)11/h4-5,9,14H,3H2,1-2H3,(H2,13,18). The van der Waals surface area contributed by atoms with Crippen LogP contribution >= 0.6 is 0 Å². The summed E-state index contributed by atoms with van der Waals surface area (Å²) >= 11 is 0. The maximum Gasteiger partial charge on any atom is 0.335 e. The van der Waals surface area contributed by atoms with Crippen molar-refractivity contribution in [3.63, 3.8) is 0 Å². The van der Waals surface area contributed by atoms with Gasteiger partial charge in [-0.2, -0.15) is 5.10 Å². The number of nitrogens with one attached hydrogen (secondary N) is 1. The van der Waals surface area contributed by atoms with Crippen molar-refractivity contribution in [2.45, 2.75) is 19.9 Å². The first-order valence-electron chi connectivity index (χ1n) is 5.98. The number of fused-ring (bicyclic) bond motifs is 1. The number of ketones is 1. The Hall–Kier alpha value is -2.64. The van der Waals surface area contributed by atoms with Crippen LogP contribution in [0.2, 0.25) is 0 Å². The molecule has 0 aromatic carbocycles. The van der Waals surface area contributed by atoms with E-state index >= 15 is 0 Å². The first-order valence-corrected chi connectivity index (χ1v) is 5.98. The summed E-state index contributed by atoms with van der Waals surface area (Å²) in [4.78, 5) is 34.9. The van der Waals surface area contributed by atoms with E-state index in [1.165, 1.54) is 24.0 Å². The molecule has 0 fully saturated rings. The lowest BCUT2D eigenvalue weighted by Crippen LogP contribution is -2.32. The summed E-state index contributed by atoms with van der Waals surface area (Å²) in [5.41, 5.74) is 5.56. The molecule has 0 aliphatic carbocycles. The monoisotopic (exact) mass is 278 g/mol. The number of nitrogens with two attached hydrogens (primary N) is 1. The van der Waals surface area contributed by atoms with E-state index in [-0.39, 0.29) is 29.3 Å². The van der Waals surface area contributed by atoms with Gasteiger partial charge in [0.2, 0.25) is 0 Å². The largest absolute Gasteiger partial charge is 0.464 e. The second kappa shape index (κ2) is 5.16. The first kappa shape index (κ1) is 13.8. The topological polar surface area (TPSA) is 116 Å². The lowest BCUT2D eigenvalue weighted by molar-refractivity contribution is -0.146. The molecule has 1 aliphatic heterocycles. The van der Waals surface area contributed by atoms with Gasteiger partial charge in [-0.1, -0.05) is 0 Å². The van der Waals surface area contributed by atoms with Crippen LogP contribution in [0.15, 0.2) is 18.0 Å². The van der Waals surface area contributed by atoms with E-state index in [0.717, 1.165) is 0 Å². The van der Waals surface area contributed by atoms with Gasteiger partial charge in [0.05, 0.1) is 12.8 Å². The molecule has 2 heterocycles. The van der Waals surface area contributed by atoms with Gasteiger partial charge in [-0.25, -0.2) is 9.48 Å². The molecule has 0 radical (unpaired) electrons. The molecule has 1 aliphatic rings. The number of anilines is 1. The quantitative estimate of drug-likeness (QED) is 0.748. The Labute approximate surface area is 114 Å². The Morgan fingerprint density at radius 3 is 2.75 bits per heavy atom. The fourth-order valence-electron chi connectivity index (χ4n) is 1.98. The van der Waals surface area contributed by atoms with E-state index in [2.05, 4.69) is 10.4 Å². The highest BCUT2D eigenvalue weighted by Gasteiger charge is 2.35. The predicted octanol–water partition coefficient (Wildman–Crippen LogP) is -0.0154. The van der Waals surface area contributed by atoms with Crippen LogP contribution in [-0.2, 0) is 14.3 Å². The molecule has 1 atom stereocenters. The zero-order valence-corrected chi connectivity index (χ0v) is 11.0. The zero-order valence-electron chi connectivity index (χ0n) is 11.0. The van der Waals surface area contributed by atoms with E-state index in [0.29, 0.717) is 0 Å². The van der Waals surface area contributed by atoms with Crippen LogP contribution < -0.4 is 11.1 Å². The molecule has 2 rings (SSSR count). The highest BCUT2D eigenvalue weighted by Crippen LogP contribution is 2.30. The third-order valence-electron chi connectivity index (χ3n) is 2.88. The molecule has 0 saturated heterocycles. The normalized spacial score (nSPS) is 16.7. The van der Waals surface area contributed by atoms with Gasteiger partial charge in [0.25, 0.3) is 5.91 Å². The van der Waals surface area contributed by atoms with E-state index in [4.69, 9.17) is 10.5 Å². The van der Waals surface area contributed by atoms with Crippen molar-refractivity contribution in [1.82, 2.24) is 9.78 Å². The average Bonchev–Trinajstić information content (AvgIpc) is 2.81. The van der Waals surface area contributed by atoms with Gasteiger partial charge in [-0.3, -0.25) is 9.59 Å². The third-order valence-corrected chi connectivity index (χ3v) is 2.88. The van der Waals surface area contributed by atoms with E-state index < -0.39 is 17.9 Å². The summed E-state index contributed by atoms with van der Waals surface area (Å²) in [6, 6.07) is -1.02. The van der Waals surface area contributed by atoms with Crippen molar-refractivity contribution in [3.8, 4) is 0 Å². The summed E-state index contributed by atoms with van der Waals surface area (Å²) in [7, 11) is 0. The van der Waals surface area contributed by atoms with Crippen molar-refractivity contribution in [1.29, 1.82) is 0 Å². The van der Waals surface area contributed by atoms with Gasteiger partial charge in [0, 0.05) is 11.8 Å². The minimum absolute atomic E-state index is 0.137. The Kier molecular flexibility index (Phi) is 3.55. The molecular formula is C12H14N4O4. The van der Waals surface area contributed by atoms with Crippen molar-refractivity contribution in [3.05, 3.63) is 23.5 Å². The third kappa shape index (κ3) is 2.15. The molecule has 106 valence electrons. The number of rotatable bonds is 4. The number of amides is 1. The summed E-state index contributed by atoms with van der Waals surface area (Å²) in [5.74, 6) is -1.32. The minimum Gasteiger partial charge on any atom is -0.464 e. The second-order valence-electron chi connectivity index (χ2n) is 4.17. The van der Waals surface area contributed by atoms with Gasteiger partial charge >= 0.3 is 5.97 Å². The summed E-state index contributed by atoms with van der Waals surface area (Å²) < 4.78 is 6.18. The summed E-state index contributed by atoms with van der Waals surface area (Å²) in [6.45, 7) is 3.17. The molecular weight excluding hydrogens is 264 g/mol. The number of primary amides is 1. The molecule has 1 aromatic rings. The van der Waals surface area contributed by atoms with Crippen LogP contribution in [0.5, 0.6) is 0 Å². The van der Waals surface area contributed by atoms with E-state index in [1.54, 1.807) is 6.92 Å². The Morgan fingerprint density at radius 2 is 2.20 bits per heavy atom. The van der Waals surface area contributed by atoms with Crippen LogP contribution in [0, 0.1) is 0 Å². The van der Waals surface area contributed by atoms with Gasteiger partial charge in [-0.15, -0.1) is 0 Å². The minimum atomic E-state index is -1.02. The number of hydrogen-bond donors (Lipinski definition) is 2. The summed E-state index contributed by atoms with van der Waals surface area (Å²) in [5, 5.41) is 6.71. The predicted molar refractivity (Wildman–Crippen MR) is 68.8 cm³/mol. The maximum atomic E-state index is 12.0. The molecule has 0 spiro atoms. The number of esters is 1. The molecule has 1 amide bonds. The van der Waals surface area contributed by atoms with Crippen LogP contribution in [0.3, 0.4) is 0 Å². The molecule has 8 heteroatoms. The number of nitrogens with zero attached hydrogens (tertiary/aromatic N) is 2. The summed E-state index contributed by atoms with van der Waals surface area (Å²) in [6.07, 6.45) is 2.61. The highest BCUT2D eigenvalue weighted by molar-refractivity contribution is 6.03. The fraction of sp³-hybridized carbons (Fsp3) is 0.333. The van der Waals surface area contributed by atoms with Crippen LogP contribution in [-0.4, -0.2) is 34.0 Å². The van der Waals surface area contributed by atoms with Crippen molar-refractivity contribution in [2.24, 2.45) is 5.73 Å². The van der Waals surface area contributed by atoms with Gasteiger partial charge in [0.15, 0.2) is 11.8 Å². The number of aromatic nitrogens is 2. The molecule has 0 saturated carbocycles. The Morgan fingerprint density at radius 1 is 1.50 bits per heavy atom. The van der Waals surface area contributed by atoms with Crippen molar-refractivity contribution in [2.75, 3.05) is 11.9 Å². The average molecular weight is 278 g/mol. The SMILES string of the molecule is CCOC(=O)C1C(C(C)=O)=CNc2c(C(N)=O)cnn21. The number of carbonyl (C=O) groups excluding carboxylic acids is 3. The molecule has 1 unspecified atom stereocenters.